The molecule has 1 unspecified atom stereocenters. The van der Waals surface area contributed by atoms with Crippen LogP contribution in [0.5, 0.6) is 0 Å². The Morgan fingerprint density at radius 1 is 1.06 bits per heavy atom. The van der Waals surface area contributed by atoms with E-state index < -0.39 is 11.7 Å². The number of hydrogen-bond acceptors (Lipinski definition) is 5. The number of piperazine rings is 1. The molecule has 1 heterocycles. The molecule has 32 heavy (non-hydrogen) atoms. The van der Waals surface area contributed by atoms with E-state index in [9.17, 15) is 9.59 Å². The molecule has 172 valence electrons. The Bertz CT molecular complexity index is 878. The van der Waals surface area contributed by atoms with Gasteiger partial charge in [-0.3, -0.25) is 4.90 Å². The van der Waals surface area contributed by atoms with Crippen molar-refractivity contribution in [3.05, 3.63) is 71.3 Å². The normalized spacial score (nSPS) is 16.3. The Morgan fingerprint density at radius 3 is 2.47 bits per heavy atom. The predicted molar refractivity (Wildman–Crippen MR) is 123 cm³/mol. The monoisotopic (exact) mass is 439 g/mol. The highest BCUT2D eigenvalue weighted by Gasteiger charge is 2.31. The second-order valence-corrected chi connectivity index (χ2v) is 8.87. The van der Waals surface area contributed by atoms with Crippen LogP contribution in [0.2, 0.25) is 0 Å². The quantitative estimate of drug-likeness (QED) is 0.710. The van der Waals surface area contributed by atoms with Crippen LogP contribution in [0.1, 0.15) is 43.5 Å². The number of hydrogen-bond donors (Lipinski definition) is 2. The van der Waals surface area contributed by atoms with Gasteiger partial charge in [0.15, 0.2) is 0 Å². The van der Waals surface area contributed by atoms with Gasteiger partial charge in [-0.15, -0.1) is 0 Å². The van der Waals surface area contributed by atoms with Crippen molar-refractivity contribution in [2.24, 2.45) is 0 Å². The van der Waals surface area contributed by atoms with Gasteiger partial charge in [0.2, 0.25) is 0 Å². The van der Waals surface area contributed by atoms with Crippen molar-refractivity contribution in [3.63, 3.8) is 0 Å². The van der Waals surface area contributed by atoms with E-state index in [1.807, 2.05) is 75.4 Å². The third kappa shape index (κ3) is 7.27. The van der Waals surface area contributed by atoms with Gasteiger partial charge >= 0.3 is 12.2 Å². The summed E-state index contributed by atoms with van der Waals surface area (Å²) < 4.78 is 10.8. The second-order valence-electron chi connectivity index (χ2n) is 8.87. The molecular formula is C25H33N3O4. The van der Waals surface area contributed by atoms with Gasteiger partial charge in [0.1, 0.15) is 12.2 Å². The van der Waals surface area contributed by atoms with Crippen molar-refractivity contribution in [2.45, 2.75) is 45.4 Å². The summed E-state index contributed by atoms with van der Waals surface area (Å²) in [7, 11) is 0. The van der Waals surface area contributed by atoms with E-state index in [1.165, 1.54) is 0 Å². The van der Waals surface area contributed by atoms with E-state index in [1.54, 1.807) is 4.90 Å². The van der Waals surface area contributed by atoms with Crippen molar-refractivity contribution < 1.29 is 19.1 Å². The van der Waals surface area contributed by atoms with Crippen LogP contribution in [0.15, 0.2) is 54.6 Å². The Labute approximate surface area is 190 Å². The Balaban J connectivity index is 1.48. The molecule has 2 amide bonds. The van der Waals surface area contributed by atoms with E-state index in [4.69, 9.17) is 9.47 Å². The lowest BCUT2D eigenvalue weighted by Gasteiger charge is -2.37. The maximum absolute atomic E-state index is 12.6. The van der Waals surface area contributed by atoms with Crippen LogP contribution in [0.25, 0.3) is 0 Å². The average molecular weight is 440 g/mol. The first kappa shape index (κ1) is 23.6. The summed E-state index contributed by atoms with van der Waals surface area (Å²) in [5.74, 6) is 0. The van der Waals surface area contributed by atoms with Gasteiger partial charge < -0.3 is 20.1 Å². The van der Waals surface area contributed by atoms with Gasteiger partial charge in [-0.1, -0.05) is 54.6 Å². The number of nitrogens with one attached hydrogen (secondary N) is 2. The van der Waals surface area contributed by atoms with Crippen LogP contribution in [0.4, 0.5) is 9.59 Å². The molecule has 2 aromatic rings. The first-order valence-electron chi connectivity index (χ1n) is 11.1. The van der Waals surface area contributed by atoms with Crippen molar-refractivity contribution >= 4 is 12.2 Å². The minimum Gasteiger partial charge on any atom is -0.445 e. The summed E-state index contributed by atoms with van der Waals surface area (Å²) in [6.45, 7) is 8.42. The molecule has 0 spiro atoms. The number of nitrogens with zero attached hydrogens (tertiary/aromatic N) is 1. The number of benzene rings is 2. The van der Waals surface area contributed by atoms with Gasteiger partial charge in [-0.25, -0.2) is 9.59 Å². The SMILES string of the molecule is CC(C)(C)OC(=O)N1CCNCC1c1ccc(CCNC(=O)OCc2ccccc2)cc1. The fourth-order valence-corrected chi connectivity index (χ4v) is 3.53. The molecule has 1 aliphatic heterocycles. The summed E-state index contributed by atoms with van der Waals surface area (Å²) in [4.78, 5) is 26.3. The van der Waals surface area contributed by atoms with Crippen LogP contribution < -0.4 is 10.6 Å². The van der Waals surface area contributed by atoms with Crippen LogP contribution in [-0.4, -0.2) is 48.9 Å². The molecule has 1 fully saturated rings. The third-order valence-electron chi connectivity index (χ3n) is 5.13. The van der Waals surface area contributed by atoms with Crippen LogP contribution in [0.3, 0.4) is 0 Å². The molecule has 7 nitrogen and oxygen atoms in total. The molecule has 0 bridgehead atoms. The van der Waals surface area contributed by atoms with Crippen molar-refractivity contribution in [1.29, 1.82) is 0 Å². The van der Waals surface area contributed by atoms with Gasteiger partial charge in [-0.05, 0) is 43.9 Å². The zero-order valence-corrected chi connectivity index (χ0v) is 19.1. The van der Waals surface area contributed by atoms with E-state index >= 15 is 0 Å². The molecule has 2 aromatic carbocycles. The molecule has 2 N–H and O–H groups in total. The third-order valence-corrected chi connectivity index (χ3v) is 5.13. The lowest BCUT2D eigenvalue weighted by molar-refractivity contribution is 0.0118. The fourth-order valence-electron chi connectivity index (χ4n) is 3.53. The molecule has 1 saturated heterocycles. The molecular weight excluding hydrogens is 406 g/mol. The van der Waals surface area contributed by atoms with E-state index in [0.29, 0.717) is 26.1 Å². The van der Waals surface area contributed by atoms with E-state index in [0.717, 1.165) is 23.2 Å². The lowest BCUT2D eigenvalue weighted by atomic mass is 10.0. The molecule has 1 atom stereocenters. The zero-order chi connectivity index (χ0) is 23.0. The van der Waals surface area contributed by atoms with Crippen molar-refractivity contribution in [3.8, 4) is 0 Å². The predicted octanol–water partition coefficient (Wildman–Crippen LogP) is 4.04. The van der Waals surface area contributed by atoms with Gasteiger partial charge in [-0.2, -0.15) is 0 Å². The summed E-state index contributed by atoms with van der Waals surface area (Å²) in [5.41, 5.74) is 2.59. The van der Waals surface area contributed by atoms with Crippen LogP contribution >= 0.6 is 0 Å². The highest BCUT2D eigenvalue weighted by Crippen LogP contribution is 2.25. The number of ether oxygens (including phenoxy) is 2. The van der Waals surface area contributed by atoms with Gasteiger partial charge in [0.25, 0.3) is 0 Å². The number of alkyl carbamates (subject to hydrolysis) is 1. The fraction of sp³-hybridized carbons (Fsp3) is 0.440. The molecule has 3 rings (SSSR count). The number of carbonyl (C=O) groups excluding carboxylic acids is 2. The van der Waals surface area contributed by atoms with E-state index in [-0.39, 0.29) is 18.7 Å². The molecule has 0 saturated carbocycles. The number of rotatable bonds is 6. The molecule has 7 heteroatoms. The second kappa shape index (κ2) is 11.0. The molecule has 1 aliphatic rings. The van der Waals surface area contributed by atoms with Crippen LogP contribution in [0, 0.1) is 0 Å². The minimum atomic E-state index is -0.522. The maximum atomic E-state index is 12.6. The Kier molecular flexibility index (Phi) is 8.11. The minimum absolute atomic E-state index is 0.0706. The van der Waals surface area contributed by atoms with Gasteiger partial charge in [0, 0.05) is 26.2 Å². The Morgan fingerprint density at radius 2 is 1.78 bits per heavy atom. The number of carbonyl (C=O) groups is 2. The molecule has 0 radical (unpaired) electrons. The zero-order valence-electron chi connectivity index (χ0n) is 19.1. The maximum Gasteiger partial charge on any atom is 0.410 e. The highest BCUT2D eigenvalue weighted by molar-refractivity contribution is 5.69. The summed E-state index contributed by atoms with van der Waals surface area (Å²) in [6.07, 6.45) is -0.0163. The Hall–Kier alpha value is -3.06. The number of amides is 2. The highest BCUT2D eigenvalue weighted by atomic mass is 16.6. The standard InChI is InChI=1S/C25H33N3O4/c1-25(2,3)32-24(30)28-16-15-26-17-22(28)21-11-9-19(10-12-21)13-14-27-23(29)31-18-20-7-5-4-6-8-20/h4-12,22,26H,13-18H2,1-3H3,(H,27,29). The first-order chi connectivity index (χ1) is 15.3. The largest absolute Gasteiger partial charge is 0.445 e. The first-order valence-corrected chi connectivity index (χ1v) is 11.1. The lowest BCUT2D eigenvalue weighted by Crippen LogP contribution is -2.50. The van der Waals surface area contributed by atoms with Crippen molar-refractivity contribution in [2.75, 3.05) is 26.2 Å². The molecule has 0 aliphatic carbocycles. The van der Waals surface area contributed by atoms with Crippen LogP contribution in [-0.2, 0) is 22.5 Å². The summed E-state index contributed by atoms with van der Waals surface area (Å²) >= 11 is 0. The summed E-state index contributed by atoms with van der Waals surface area (Å²) in [6, 6.07) is 17.7. The average Bonchev–Trinajstić information content (AvgIpc) is 2.78. The topological polar surface area (TPSA) is 79.9 Å². The summed E-state index contributed by atoms with van der Waals surface area (Å²) in [5, 5.41) is 6.14. The van der Waals surface area contributed by atoms with Gasteiger partial charge in [0.05, 0.1) is 6.04 Å². The van der Waals surface area contributed by atoms with Crippen molar-refractivity contribution in [1.82, 2.24) is 15.5 Å². The molecule has 0 aromatic heterocycles. The van der Waals surface area contributed by atoms with E-state index in [2.05, 4.69) is 10.6 Å². The smallest absolute Gasteiger partial charge is 0.410 e.